The molecule has 1 aliphatic heterocycles. The van der Waals surface area contributed by atoms with E-state index in [9.17, 15) is 19.5 Å². The van der Waals surface area contributed by atoms with Gasteiger partial charge in [-0.05, 0) is 59.1 Å². The van der Waals surface area contributed by atoms with Crippen LogP contribution >= 0.6 is 11.8 Å². The number of aliphatic hydroxyl groups is 1. The molecule has 8 nitrogen and oxygen atoms in total. The molecule has 1 aliphatic rings. The summed E-state index contributed by atoms with van der Waals surface area (Å²) in [5.41, 5.74) is 1.04. The van der Waals surface area contributed by atoms with Crippen molar-refractivity contribution < 1.29 is 24.2 Å². The molecular weight excluding hydrogens is 502 g/mol. The average Bonchev–Trinajstić information content (AvgIpc) is 3.17. The van der Waals surface area contributed by atoms with Crippen molar-refractivity contribution in [2.24, 2.45) is 0 Å². The van der Waals surface area contributed by atoms with E-state index in [4.69, 9.17) is 4.74 Å². The molecule has 0 aromatic heterocycles. The SMILES string of the molecule is C[C@H](NC(=O)[C@H]1N(C(=O)[C@@H](O)[C@H](Cc2ccccc2)NC(=O)OC(C)(C)C)CSC1(C)C)c1ccccc1. The zero-order valence-electron chi connectivity index (χ0n) is 22.9. The third kappa shape index (κ3) is 7.74. The van der Waals surface area contributed by atoms with Gasteiger partial charge < -0.3 is 25.4 Å². The standard InChI is InChI=1S/C29H39N3O5S/c1-19(21-15-11-8-12-16-21)30-25(34)24-29(5,6)38-18-32(24)26(35)23(33)22(17-20-13-9-7-10-14-20)31-27(36)37-28(2,3)4/h7-16,19,22-24,33H,17-18H2,1-6H3,(H,30,34)(H,31,36)/t19-,22-,23-,24+/m0/s1. The molecule has 1 saturated heterocycles. The summed E-state index contributed by atoms with van der Waals surface area (Å²) in [6.45, 7) is 10.9. The molecule has 38 heavy (non-hydrogen) atoms. The van der Waals surface area contributed by atoms with Crippen LogP contribution in [0.25, 0.3) is 0 Å². The smallest absolute Gasteiger partial charge is 0.407 e. The molecule has 3 amide bonds. The normalized spacial score (nSPS) is 19.2. The lowest BCUT2D eigenvalue weighted by molar-refractivity contribution is -0.147. The second-order valence-electron chi connectivity index (χ2n) is 11.1. The first-order chi connectivity index (χ1) is 17.8. The molecule has 2 aromatic carbocycles. The first-order valence-electron chi connectivity index (χ1n) is 12.8. The predicted molar refractivity (Wildman–Crippen MR) is 149 cm³/mol. The summed E-state index contributed by atoms with van der Waals surface area (Å²) >= 11 is 1.47. The van der Waals surface area contributed by atoms with Crippen LogP contribution in [-0.4, -0.2) is 62.3 Å². The molecule has 0 unspecified atom stereocenters. The topological polar surface area (TPSA) is 108 Å². The summed E-state index contributed by atoms with van der Waals surface area (Å²) in [5, 5.41) is 17.0. The van der Waals surface area contributed by atoms with Gasteiger partial charge in [0.15, 0.2) is 6.10 Å². The Labute approximate surface area is 229 Å². The molecule has 0 radical (unpaired) electrons. The third-order valence-electron chi connectivity index (χ3n) is 6.37. The second kappa shape index (κ2) is 12.2. The van der Waals surface area contributed by atoms with Crippen molar-refractivity contribution in [3.63, 3.8) is 0 Å². The Morgan fingerprint density at radius 1 is 1.05 bits per heavy atom. The van der Waals surface area contributed by atoms with Gasteiger partial charge in [-0.2, -0.15) is 0 Å². The fourth-order valence-electron chi connectivity index (χ4n) is 4.44. The monoisotopic (exact) mass is 541 g/mol. The zero-order chi connectivity index (χ0) is 28.1. The summed E-state index contributed by atoms with van der Waals surface area (Å²) in [6.07, 6.45) is -2.11. The lowest BCUT2D eigenvalue weighted by Crippen LogP contribution is -2.59. The number of aliphatic hydroxyl groups excluding tert-OH is 1. The number of hydrogen-bond donors (Lipinski definition) is 3. The molecule has 3 N–H and O–H groups in total. The van der Waals surface area contributed by atoms with Crippen molar-refractivity contribution >= 4 is 29.7 Å². The quantitative estimate of drug-likeness (QED) is 0.466. The number of hydrogen-bond acceptors (Lipinski definition) is 6. The van der Waals surface area contributed by atoms with Gasteiger partial charge in [0.1, 0.15) is 11.6 Å². The minimum atomic E-state index is -1.58. The Kier molecular flexibility index (Phi) is 9.49. The summed E-state index contributed by atoms with van der Waals surface area (Å²) in [4.78, 5) is 41.2. The highest BCUT2D eigenvalue weighted by Crippen LogP contribution is 2.40. The predicted octanol–water partition coefficient (Wildman–Crippen LogP) is 4.04. The van der Waals surface area contributed by atoms with Crippen LogP contribution < -0.4 is 10.6 Å². The zero-order valence-corrected chi connectivity index (χ0v) is 23.7. The van der Waals surface area contributed by atoms with E-state index in [1.54, 1.807) is 20.8 Å². The molecule has 1 heterocycles. The number of ether oxygens (including phenoxy) is 1. The Morgan fingerprint density at radius 2 is 1.63 bits per heavy atom. The van der Waals surface area contributed by atoms with Crippen molar-refractivity contribution in [2.45, 2.75) is 82.5 Å². The number of amides is 3. The summed E-state index contributed by atoms with van der Waals surface area (Å²) in [5.74, 6) is -0.672. The minimum Gasteiger partial charge on any atom is -0.444 e. The van der Waals surface area contributed by atoms with E-state index in [2.05, 4.69) is 10.6 Å². The number of nitrogens with zero attached hydrogens (tertiary/aromatic N) is 1. The number of carbonyl (C=O) groups excluding carboxylic acids is 3. The maximum atomic E-state index is 13.7. The lowest BCUT2D eigenvalue weighted by Gasteiger charge is -2.34. The van der Waals surface area contributed by atoms with Gasteiger partial charge in [0.25, 0.3) is 5.91 Å². The van der Waals surface area contributed by atoms with E-state index in [1.165, 1.54) is 16.7 Å². The molecule has 9 heteroatoms. The molecule has 4 atom stereocenters. The van der Waals surface area contributed by atoms with Crippen LogP contribution in [0.2, 0.25) is 0 Å². The molecule has 3 rings (SSSR count). The highest BCUT2D eigenvalue weighted by atomic mass is 32.2. The van der Waals surface area contributed by atoms with Gasteiger partial charge in [-0.15, -0.1) is 11.8 Å². The Balaban J connectivity index is 1.81. The summed E-state index contributed by atoms with van der Waals surface area (Å²) in [7, 11) is 0. The number of rotatable bonds is 8. The maximum absolute atomic E-state index is 13.7. The molecule has 0 saturated carbocycles. The number of thioether (sulfide) groups is 1. The van der Waals surface area contributed by atoms with Gasteiger partial charge >= 0.3 is 6.09 Å². The van der Waals surface area contributed by atoms with Crippen LogP contribution in [-0.2, 0) is 20.7 Å². The molecule has 1 fully saturated rings. The Morgan fingerprint density at radius 3 is 2.21 bits per heavy atom. The number of carbonyl (C=O) groups is 3. The fraction of sp³-hybridized carbons (Fsp3) is 0.483. The van der Waals surface area contributed by atoms with Gasteiger partial charge in [0.2, 0.25) is 5.91 Å². The van der Waals surface area contributed by atoms with E-state index in [-0.39, 0.29) is 24.2 Å². The van der Waals surface area contributed by atoms with E-state index >= 15 is 0 Å². The number of nitrogens with one attached hydrogen (secondary N) is 2. The Bertz CT molecular complexity index is 1100. The van der Waals surface area contributed by atoms with E-state index in [1.807, 2.05) is 81.4 Å². The van der Waals surface area contributed by atoms with Crippen LogP contribution in [0.15, 0.2) is 60.7 Å². The second-order valence-corrected chi connectivity index (χ2v) is 12.7. The van der Waals surface area contributed by atoms with Crippen LogP contribution in [0.3, 0.4) is 0 Å². The summed E-state index contributed by atoms with van der Waals surface area (Å²) in [6, 6.07) is 16.8. The van der Waals surface area contributed by atoms with Crippen molar-refractivity contribution in [1.82, 2.24) is 15.5 Å². The third-order valence-corrected chi connectivity index (χ3v) is 7.74. The van der Waals surface area contributed by atoms with E-state index in [0.29, 0.717) is 0 Å². The summed E-state index contributed by atoms with van der Waals surface area (Å²) < 4.78 is 4.81. The minimum absolute atomic E-state index is 0.208. The fourth-order valence-corrected chi connectivity index (χ4v) is 5.58. The van der Waals surface area contributed by atoms with Gasteiger partial charge in [-0.1, -0.05) is 60.7 Å². The van der Waals surface area contributed by atoms with Crippen molar-refractivity contribution in [3.8, 4) is 0 Å². The highest BCUT2D eigenvalue weighted by molar-refractivity contribution is 8.00. The van der Waals surface area contributed by atoms with Crippen molar-refractivity contribution in [3.05, 3.63) is 71.8 Å². The first kappa shape index (κ1) is 29.5. The van der Waals surface area contributed by atoms with E-state index in [0.717, 1.165) is 11.1 Å². The number of benzene rings is 2. The maximum Gasteiger partial charge on any atom is 0.407 e. The number of alkyl carbamates (subject to hydrolysis) is 1. The van der Waals surface area contributed by atoms with Crippen LogP contribution in [0, 0.1) is 0 Å². The molecule has 0 bridgehead atoms. The lowest BCUT2D eigenvalue weighted by atomic mass is 9.97. The van der Waals surface area contributed by atoms with Gasteiger partial charge in [-0.3, -0.25) is 9.59 Å². The van der Waals surface area contributed by atoms with Crippen molar-refractivity contribution in [2.75, 3.05) is 5.88 Å². The van der Waals surface area contributed by atoms with Crippen molar-refractivity contribution in [1.29, 1.82) is 0 Å². The van der Waals surface area contributed by atoms with Gasteiger partial charge in [0, 0.05) is 4.75 Å². The molecular formula is C29H39N3O5S. The largest absolute Gasteiger partial charge is 0.444 e. The van der Waals surface area contributed by atoms with Gasteiger partial charge in [-0.25, -0.2) is 4.79 Å². The Hall–Kier alpha value is -3.04. The average molecular weight is 542 g/mol. The van der Waals surface area contributed by atoms with Crippen LogP contribution in [0.1, 0.15) is 58.7 Å². The molecule has 206 valence electrons. The molecule has 0 aliphatic carbocycles. The first-order valence-corrected chi connectivity index (χ1v) is 13.8. The molecule has 2 aromatic rings. The highest BCUT2D eigenvalue weighted by Gasteiger charge is 2.50. The van der Waals surface area contributed by atoms with Crippen LogP contribution in [0.5, 0.6) is 0 Å². The van der Waals surface area contributed by atoms with E-state index < -0.39 is 40.5 Å². The van der Waals surface area contributed by atoms with Crippen LogP contribution in [0.4, 0.5) is 4.79 Å². The van der Waals surface area contributed by atoms with Gasteiger partial charge in [0.05, 0.1) is 18.0 Å². The molecule has 0 spiro atoms.